The van der Waals surface area contributed by atoms with Gasteiger partial charge >= 0.3 is 19.6 Å². The summed E-state index contributed by atoms with van der Waals surface area (Å²) in [4.78, 5) is 102. The maximum atomic E-state index is 17.8. The number of amides is 5. The second kappa shape index (κ2) is 30.6. The van der Waals surface area contributed by atoms with E-state index in [0.717, 1.165) is 88.5 Å². The first-order chi connectivity index (χ1) is 39.8. The highest BCUT2D eigenvalue weighted by Crippen LogP contribution is 2.72. The lowest BCUT2D eigenvalue weighted by Crippen LogP contribution is -2.70. The van der Waals surface area contributed by atoms with Crippen LogP contribution in [0.3, 0.4) is 0 Å². The van der Waals surface area contributed by atoms with Crippen LogP contribution >= 0.6 is 19.4 Å². The van der Waals surface area contributed by atoms with E-state index in [1.54, 1.807) is 52.0 Å². The average Bonchev–Trinajstić information content (AvgIpc) is 1.32. The van der Waals surface area contributed by atoms with Crippen molar-refractivity contribution < 1.29 is 70.9 Å². The van der Waals surface area contributed by atoms with E-state index in [9.17, 15) is 48.1 Å². The van der Waals surface area contributed by atoms with Crippen molar-refractivity contribution in [2.45, 2.75) is 212 Å². The van der Waals surface area contributed by atoms with Gasteiger partial charge in [0.1, 0.15) is 31.0 Å². The van der Waals surface area contributed by atoms with Gasteiger partial charge in [-0.15, -0.1) is 5.92 Å². The lowest BCUT2D eigenvalue weighted by Gasteiger charge is -2.63. The van der Waals surface area contributed by atoms with E-state index in [4.69, 9.17) is 19.7 Å². The van der Waals surface area contributed by atoms with E-state index in [-0.39, 0.29) is 74.3 Å². The Hall–Kier alpha value is -4.97. The van der Waals surface area contributed by atoms with Gasteiger partial charge < -0.3 is 51.0 Å². The molecule has 466 valence electrons. The second-order valence-electron chi connectivity index (χ2n) is 24.3. The number of halogens is 2. The lowest BCUT2D eigenvalue weighted by molar-refractivity contribution is -0.228. The molecule has 5 aliphatic carbocycles. The fourth-order valence-electron chi connectivity index (χ4n) is 13.4. The molecule has 0 heterocycles. The number of hydrogen-bond donors (Lipinski definition) is 7. The molecule has 1 aromatic carbocycles. The Morgan fingerprint density at radius 1 is 0.929 bits per heavy atom. The molecule has 5 amide bonds. The SMILES string of the molecule is CCC(=O)O[C@]1(C(=O)SCCCCCCCCCCP(=O)(O)OCc2ccc(NC(=O)C(CCCNC(N)=O)NC(=O)[C@@H](NC(=O)COC3C#CCCCCC3)C(C)C)cc2)[C@H](C)C[C@H]2[C@@H]3C[C@H](F)C4=CC(=O)C=C[C@]4(C)[C@@]3(F)[C@@H](O)C[C@@]21C. The molecule has 13 atom stereocenters. The maximum Gasteiger partial charge on any atom is 0.328 e. The molecule has 3 fully saturated rings. The highest BCUT2D eigenvalue weighted by Gasteiger charge is 2.78. The normalized spacial score (nSPS) is 29.4. The maximum absolute atomic E-state index is 17.8. The zero-order valence-electron chi connectivity index (χ0n) is 49.8. The molecular weight excluding hydrogens is 1120 g/mol. The summed E-state index contributed by atoms with van der Waals surface area (Å²) in [5.41, 5.74) is -0.532. The number of hydrogen-bond acceptors (Lipinski definition) is 13. The Bertz CT molecular complexity index is 2690. The number of benzene rings is 1. The number of anilines is 1. The molecule has 0 spiro atoms. The number of allylic oxidation sites excluding steroid dienone is 4. The van der Waals surface area contributed by atoms with Gasteiger partial charge in [-0.25, -0.2) is 13.6 Å². The summed E-state index contributed by atoms with van der Waals surface area (Å²) in [5.74, 6) is 1.50. The molecule has 0 bridgehead atoms. The van der Waals surface area contributed by atoms with Gasteiger partial charge in [-0.2, -0.15) is 0 Å². The van der Waals surface area contributed by atoms with Crippen LogP contribution in [0.2, 0.25) is 0 Å². The van der Waals surface area contributed by atoms with Crippen LogP contribution < -0.4 is 27.0 Å². The second-order valence-corrected chi connectivity index (χ2v) is 27.4. The van der Waals surface area contributed by atoms with Crippen LogP contribution in [0.25, 0.3) is 0 Å². The highest BCUT2D eigenvalue weighted by atomic mass is 32.2. The van der Waals surface area contributed by atoms with Crippen LogP contribution in [0, 0.1) is 46.3 Å². The summed E-state index contributed by atoms with van der Waals surface area (Å²) in [6.07, 6.45) is 11.3. The fourth-order valence-corrected chi connectivity index (χ4v) is 15.8. The van der Waals surface area contributed by atoms with Gasteiger partial charge in [0, 0.05) is 59.7 Å². The number of carbonyl (C=O) groups is 7. The third-order valence-corrected chi connectivity index (χ3v) is 20.5. The predicted molar refractivity (Wildman–Crippen MR) is 317 cm³/mol. The third kappa shape index (κ3) is 16.5. The average molecular weight is 1210 g/mol. The topological polar surface area (TPSA) is 279 Å². The molecule has 0 saturated heterocycles. The number of ether oxygens (including phenoxy) is 2. The van der Waals surface area contributed by atoms with E-state index >= 15 is 8.78 Å². The standard InChI is InChI=1S/C62H90F2N5O13PS/c1-7-53(73)82-62(41(4)34-46-47-36-49(63)48-35-44(70)29-30-59(48,5)61(47,64)51(71)37-60(46,62)6)57(76)84-33-20-16-11-9-8-10-15-19-32-83(78,79)81-38-42-25-27-43(28-26-42)67-55(74)50(24-21-31-66-58(65)77)68-56(75)54(40(2)3)69-52(72)39-80-45-22-17-13-12-14-18-23-45/h25-30,35,40-41,45-47,49-51,54,71H,7-17,19-22,24,31-34,36-39H2,1-6H3,(H,67,74)(H,68,75)(H,69,72)(H,78,79)(H3,65,66,77)/t41-,45?,46+,47+,49+,50?,51+,54+,59+,60+,61+,62+/m1/s1. The van der Waals surface area contributed by atoms with Crippen molar-refractivity contribution in [1.82, 2.24) is 16.0 Å². The summed E-state index contributed by atoms with van der Waals surface area (Å²) < 4.78 is 64.3. The number of aliphatic hydroxyl groups excluding tert-OH is 1. The third-order valence-electron chi connectivity index (χ3n) is 18.1. The van der Waals surface area contributed by atoms with Crippen molar-refractivity contribution in [2.75, 3.05) is 30.4 Å². The summed E-state index contributed by atoms with van der Waals surface area (Å²) in [6.45, 7) is 10.0. The minimum Gasteiger partial charge on any atom is -0.449 e. The largest absolute Gasteiger partial charge is 0.449 e. The first-order valence-electron chi connectivity index (χ1n) is 30.3. The number of carbonyl (C=O) groups excluding carboxylic acids is 7. The molecule has 5 aliphatic rings. The molecule has 3 unspecified atom stereocenters. The Morgan fingerprint density at radius 2 is 1.62 bits per heavy atom. The first-order valence-corrected chi connectivity index (χ1v) is 33.0. The van der Waals surface area contributed by atoms with Gasteiger partial charge in [0.25, 0.3) is 0 Å². The number of urea groups is 1. The minimum atomic E-state index is -3.92. The molecule has 1 aromatic rings. The molecule has 0 aliphatic heterocycles. The molecule has 84 heavy (non-hydrogen) atoms. The van der Waals surface area contributed by atoms with E-state index < -0.39 is 107 Å². The van der Waals surface area contributed by atoms with E-state index in [2.05, 4.69) is 33.1 Å². The number of nitrogens with one attached hydrogen (secondary N) is 4. The molecule has 0 radical (unpaired) electrons. The van der Waals surface area contributed by atoms with Crippen molar-refractivity contribution in [3.05, 3.63) is 53.6 Å². The van der Waals surface area contributed by atoms with E-state index in [1.165, 1.54) is 19.1 Å². The molecule has 0 aromatic heterocycles. The number of thioether (sulfide) groups is 1. The number of ketones is 1. The monoisotopic (exact) mass is 1210 g/mol. The van der Waals surface area contributed by atoms with Gasteiger partial charge in [0.2, 0.25) is 22.8 Å². The van der Waals surface area contributed by atoms with Crippen LogP contribution in [0.5, 0.6) is 0 Å². The van der Waals surface area contributed by atoms with Crippen LogP contribution in [-0.4, -0.2) is 117 Å². The van der Waals surface area contributed by atoms with Crippen LogP contribution in [0.1, 0.15) is 169 Å². The van der Waals surface area contributed by atoms with Crippen molar-refractivity contribution in [3.8, 4) is 11.8 Å². The van der Waals surface area contributed by atoms with Gasteiger partial charge in [0.05, 0.1) is 12.7 Å². The Labute approximate surface area is 498 Å². The number of aliphatic hydroxyl groups is 1. The number of fused-ring (bicyclic) bond motifs is 5. The van der Waals surface area contributed by atoms with Crippen molar-refractivity contribution in [1.29, 1.82) is 0 Å². The van der Waals surface area contributed by atoms with E-state index in [1.807, 2.05) is 6.92 Å². The summed E-state index contributed by atoms with van der Waals surface area (Å²) in [7, 11) is -3.92. The van der Waals surface area contributed by atoms with Crippen LogP contribution in [0.4, 0.5) is 19.3 Å². The van der Waals surface area contributed by atoms with Gasteiger partial charge in [-0.05, 0) is 118 Å². The van der Waals surface area contributed by atoms with E-state index in [0.29, 0.717) is 42.7 Å². The zero-order valence-corrected chi connectivity index (χ0v) is 51.5. The molecule has 6 rings (SSSR count). The summed E-state index contributed by atoms with van der Waals surface area (Å²) >= 11 is 1.09. The number of unbranched alkanes of at least 4 members (excludes halogenated alkanes) is 7. The molecule has 22 heteroatoms. The minimum absolute atomic E-state index is 0.00969. The molecule has 18 nitrogen and oxygen atoms in total. The zero-order chi connectivity index (χ0) is 61.5. The Kier molecular flexibility index (Phi) is 24.8. The highest BCUT2D eigenvalue weighted by molar-refractivity contribution is 8.13. The molecular formula is C62H90F2N5O13PS. The van der Waals surface area contributed by atoms with Gasteiger partial charge in [-0.3, -0.25) is 33.3 Å². The number of nitrogens with two attached hydrogens (primary N) is 1. The lowest BCUT2D eigenvalue weighted by atomic mass is 9.44. The summed E-state index contributed by atoms with van der Waals surface area (Å²) in [6, 6.07) is 3.72. The number of alkyl halides is 2. The van der Waals surface area contributed by atoms with Gasteiger partial charge in [-0.1, -0.05) is 115 Å². The smallest absolute Gasteiger partial charge is 0.328 e. The quantitative estimate of drug-likeness (QED) is 0.0164. The summed E-state index contributed by atoms with van der Waals surface area (Å²) in [5, 5.41) is 22.3. The molecule has 3 saturated carbocycles. The number of primary amides is 1. The van der Waals surface area contributed by atoms with Crippen molar-refractivity contribution in [2.24, 2.45) is 40.2 Å². The van der Waals surface area contributed by atoms with Crippen LogP contribution in [0.15, 0.2) is 48.1 Å². The Morgan fingerprint density at radius 3 is 2.30 bits per heavy atom. The first kappa shape index (κ1) is 68.1. The Balaban J connectivity index is 0.897. The molecule has 8 N–H and O–H groups in total. The van der Waals surface area contributed by atoms with Crippen molar-refractivity contribution >= 4 is 65.7 Å². The van der Waals surface area contributed by atoms with Gasteiger partial charge in [0.15, 0.2) is 17.1 Å². The fraction of sp³-hybridized carbons (Fsp3) is 0.694. The number of rotatable bonds is 30. The predicted octanol–water partition coefficient (Wildman–Crippen LogP) is 9.39. The van der Waals surface area contributed by atoms with Crippen LogP contribution in [-0.2, 0) is 53.9 Å². The number of esters is 1. The van der Waals surface area contributed by atoms with Crippen molar-refractivity contribution in [3.63, 3.8) is 0 Å².